The number of benzene rings is 2. The molecule has 1 unspecified atom stereocenters. The maximum atomic E-state index is 12.2. The minimum Gasteiger partial charge on any atom is -0.508 e. The van der Waals surface area contributed by atoms with Crippen molar-refractivity contribution >= 4 is 37.8 Å². The third kappa shape index (κ3) is 3.61. The van der Waals surface area contributed by atoms with Crippen molar-refractivity contribution < 1.29 is 9.90 Å². The molecule has 2 aromatic carbocycles. The van der Waals surface area contributed by atoms with Crippen LogP contribution in [0.5, 0.6) is 5.75 Å². The standard InChI is InChI=1S/C15H13Br2NO2/c1-9(10-3-2-4-12(19)7-10)18-15(20)13-6-5-11(16)8-14(13)17/h2-9,19H,1H3,(H,18,20). The average Bonchev–Trinajstić information content (AvgIpc) is 2.38. The minimum absolute atomic E-state index is 0.166. The normalized spacial score (nSPS) is 11.9. The highest BCUT2D eigenvalue weighted by Crippen LogP contribution is 2.23. The first-order valence-electron chi connectivity index (χ1n) is 6.02. The lowest BCUT2D eigenvalue weighted by atomic mass is 10.1. The Bertz CT molecular complexity index is 644. The fraction of sp³-hybridized carbons (Fsp3) is 0.133. The van der Waals surface area contributed by atoms with Crippen molar-refractivity contribution in [2.45, 2.75) is 13.0 Å². The van der Waals surface area contributed by atoms with E-state index in [1.54, 1.807) is 24.3 Å². The Hall–Kier alpha value is -1.33. The van der Waals surface area contributed by atoms with E-state index in [-0.39, 0.29) is 17.7 Å². The van der Waals surface area contributed by atoms with Crippen LogP contribution in [0.2, 0.25) is 0 Å². The van der Waals surface area contributed by atoms with Crippen molar-refractivity contribution in [3.8, 4) is 5.75 Å². The van der Waals surface area contributed by atoms with Gasteiger partial charge in [0, 0.05) is 8.95 Å². The van der Waals surface area contributed by atoms with Crippen molar-refractivity contribution in [3.63, 3.8) is 0 Å². The fourth-order valence-electron chi connectivity index (χ4n) is 1.83. The van der Waals surface area contributed by atoms with Crippen LogP contribution in [0.4, 0.5) is 0 Å². The van der Waals surface area contributed by atoms with E-state index in [0.29, 0.717) is 5.56 Å². The molecule has 20 heavy (non-hydrogen) atoms. The number of rotatable bonds is 3. The lowest BCUT2D eigenvalue weighted by Gasteiger charge is -2.15. The summed E-state index contributed by atoms with van der Waals surface area (Å²) in [6.45, 7) is 1.87. The predicted molar refractivity (Wildman–Crippen MR) is 85.8 cm³/mol. The maximum Gasteiger partial charge on any atom is 0.252 e. The first-order valence-corrected chi connectivity index (χ1v) is 7.61. The fourth-order valence-corrected chi connectivity index (χ4v) is 3.05. The Morgan fingerprint density at radius 1 is 1.20 bits per heavy atom. The van der Waals surface area contributed by atoms with E-state index in [4.69, 9.17) is 0 Å². The molecule has 0 aliphatic rings. The third-order valence-electron chi connectivity index (χ3n) is 2.89. The molecule has 0 radical (unpaired) electrons. The van der Waals surface area contributed by atoms with Gasteiger partial charge in [0.25, 0.3) is 5.91 Å². The number of phenolic OH excluding ortho intramolecular Hbond substituents is 1. The van der Waals surface area contributed by atoms with Crippen molar-refractivity contribution in [1.29, 1.82) is 0 Å². The quantitative estimate of drug-likeness (QED) is 0.804. The number of nitrogens with one attached hydrogen (secondary N) is 1. The van der Waals surface area contributed by atoms with Crippen LogP contribution in [0.15, 0.2) is 51.4 Å². The van der Waals surface area contributed by atoms with Gasteiger partial charge in [-0.1, -0.05) is 28.1 Å². The molecule has 0 aromatic heterocycles. The SMILES string of the molecule is CC(NC(=O)c1ccc(Br)cc1Br)c1cccc(O)c1. The van der Waals surface area contributed by atoms with Gasteiger partial charge < -0.3 is 10.4 Å². The third-order valence-corrected chi connectivity index (χ3v) is 4.04. The largest absolute Gasteiger partial charge is 0.508 e. The first-order chi connectivity index (χ1) is 9.47. The zero-order valence-corrected chi connectivity index (χ0v) is 13.9. The molecule has 2 aromatic rings. The summed E-state index contributed by atoms with van der Waals surface area (Å²) in [6, 6.07) is 12.1. The smallest absolute Gasteiger partial charge is 0.252 e. The summed E-state index contributed by atoms with van der Waals surface area (Å²) >= 11 is 6.73. The second-order valence-electron chi connectivity index (χ2n) is 4.41. The summed E-state index contributed by atoms with van der Waals surface area (Å²) in [6.07, 6.45) is 0. The topological polar surface area (TPSA) is 49.3 Å². The molecule has 5 heteroatoms. The van der Waals surface area contributed by atoms with Crippen LogP contribution >= 0.6 is 31.9 Å². The van der Waals surface area contributed by atoms with Gasteiger partial charge in [-0.3, -0.25) is 4.79 Å². The van der Waals surface area contributed by atoms with Crippen molar-refractivity contribution in [3.05, 3.63) is 62.5 Å². The molecule has 2 rings (SSSR count). The van der Waals surface area contributed by atoms with Crippen LogP contribution < -0.4 is 5.32 Å². The van der Waals surface area contributed by atoms with Crippen LogP contribution in [0.25, 0.3) is 0 Å². The van der Waals surface area contributed by atoms with Crippen molar-refractivity contribution in [2.24, 2.45) is 0 Å². The van der Waals surface area contributed by atoms with Crippen molar-refractivity contribution in [1.82, 2.24) is 5.32 Å². The summed E-state index contributed by atoms with van der Waals surface area (Å²) in [5, 5.41) is 12.4. The van der Waals surface area contributed by atoms with E-state index in [0.717, 1.165) is 14.5 Å². The Kier molecular flexibility index (Phi) is 4.83. The van der Waals surface area contributed by atoms with Gasteiger partial charge in [0.1, 0.15) is 5.75 Å². The average molecular weight is 399 g/mol. The number of phenols is 1. The highest BCUT2D eigenvalue weighted by atomic mass is 79.9. The van der Waals surface area contributed by atoms with Gasteiger partial charge in [-0.15, -0.1) is 0 Å². The molecule has 1 amide bonds. The molecular weight excluding hydrogens is 386 g/mol. The zero-order chi connectivity index (χ0) is 14.7. The van der Waals surface area contributed by atoms with Gasteiger partial charge >= 0.3 is 0 Å². The van der Waals surface area contributed by atoms with Crippen LogP contribution in [0.1, 0.15) is 28.9 Å². The van der Waals surface area contributed by atoms with E-state index in [1.807, 2.05) is 25.1 Å². The van der Waals surface area contributed by atoms with E-state index in [9.17, 15) is 9.90 Å². The molecule has 0 spiro atoms. The minimum atomic E-state index is -0.190. The Balaban J connectivity index is 2.15. The molecule has 0 saturated heterocycles. The number of amides is 1. The van der Waals surface area contributed by atoms with E-state index in [1.165, 1.54) is 0 Å². The van der Waals surface area contributed by atoms with E-state index < -0.39 is 0 Å². The summed E-state index contributed by atoms with van der Waals surface area (Å²) in [5.41, 5.74) is 1.42. The molecular formula is C15H13Br2NO2. The summed E-state index contributed by atoms with van der Waals surface area (Å²) < 4.78 is 1.63. The number of halogens is 2. The molecule has 104 valence electrons. The number of carbonyl (C=O) groups excluding carboxylic acids is 1. The van der Waals surface area contributed by atoms with Gasteiger partial charge in [0.15, 0.2) is 0 Å². The lowest BCUT2D eigenvalue weighted by molar-refractivity contribution is 0.0939. The summed E-state index contributed by atoms with van der Waals surface area (Å²) in [4.78, 5) is 12.2. The Morgan fingerprint density at radius 3 is 2.60 bits per heavy atom. The van der Waals surface area contributed by atoms with Gasteiger partial charge in [0.05, 0.1) is 11.6 Å². The van der Waals surface area contributed by atoms with Crippen LogP contribution in [0.3, 0.4) is 0 Å². The first kappa shape index (κ1) is 15.1. The molecule has 0 heterocycles. The van der Waals surface area contributed by atoms with Gasteiger partial charge in [-0.25, -0.2) is 0 Å². The van der Waals surface area contributed by atoms with E-state index in [2.05, 4.69) is 37.2 Å². The Labute approximate surface area is 134 Å². The van der Waals surface area contributed by atoms with Crippen LogP contribution in [0, 0.1) is 0 Å². The zero-order valence-electron chi connectivity index (χ0n) is 10.7. The van der Waals surface area contributed by atoms with Crippen molar-refractivity contribution in [2.75, 3.05) is 0 Å². The molecule has 0 saturated carbocycles. The molecule has 2 N–H and O–H groups in total. The lowest BCUT2D eigenvalue weighted by Crippen LogP contribution is -2.26. The van der Waals surface area contributed by atoms with E-state index >= 15 is 0 Å². The van der Waals surface area contributed by atoms with Crippen LogP contribution in [-0.2, 0) is 0 Å². The number of hydrogen-bond donors (Lipinski definition) is 2. The van der Waals surface area contributed by atoms with Gasteiger partial charge in [0.2, 0.25) is 0 Å². The van der Waals surface area contributed by atoms with Crippen LogP contribution in [-0.4, -0.2) is 11.0 Å². The maximum absolute atomic E-state index is 12.2. The Morgan fingerprint density at radius 2 is 1.95 bits per heavy atom. The second kappa shape index (κ2) is 6.41. The highest BCUT2D eigenvalue weighted by Gasteiger charge is 2.14. The highest BCUT2D eigenvalue weighted by molar-refractivity contribution is 9.11. The molecule has 0 fully saturated rings. The monoisotopic (exact) mass is 397 g/mol. The molecule has 0 bridgehead atoms. The summed E-state index contributed by atoms with van der Waals surface area (Å²) in [5.74, 6) is 0.0219. The number of carbonyl (C=O) groups is 1. The predicted octanol–water partition coefficient (Wildman–Crippen LogP) is 4.41. The summed E-state index contributed by atoms with van der Waals surface area (Å²) in [7, 11) is 0. The van der Waals surface area contributed by atoms with Gasteiger partial charge in [-0.05, 0) is 58.7 Å². The molecule has 0 aliphatic carbocycles. The van der Waals surface area contributed by atoms with Gasteiger partial charge in [-0.2, -0.15) is 0 Å². The molecule has 1 atom stereocenters. The number of aromatic hydroxyl groups is 1. The molecule has 0 aliphatic heterocycles. The molecule has 3 nitrogen and oxygen atoms in total. The number of hydrogen-bond acceptors (Lipinski definition) is 2. The second-order valence-corrected chi connectivity index (χ2v) is 6.18.